The zero-order chi connectivity index (χ0) is 25.7. The molecule has 192 valence electrons. The van der Waals surface area contributed by atoms with Crippen molar-refractivity contribution in [3.05, 3.63) is 63.8 Å². The Bertz CT molecular complexity index is 1190. The monoisotopic (exact) mass is 509 g/mol. The van der Waals surface area contributed by atoms with Crippen molar-refractivity contribution < 1.29 is 14.6 Å². The fraction of sp³-hybridized carbons (Fsp3) is 0.448. The van der Waals surface area contributed by atoms with E-state index in [1.165, 1.54) is 19.3 Å². The van der Waals surface area contributed by atoms with Crippen molar-refractivity contribution in [1.82, 2.24) is 15.1 Å². The van der Waals surface area contributed by atoms with Crippen molar-refractivity contribution in [2.45, 2.75) is 71.8 Å². The molecule has 0 bridgehead atoms. The van der Waals surface area contributed by atoms with Crippen LogP contribution in [0.2, 0.25) is 5.02 Å². The fourth-order valence-electron chi connectivity index (χ4n) is 4.83. The minimum atomic E-state index is -0.309. The van der Waals surface area contributed by atoms with Crippen molar-refractivity contribution in [2.24, 2.45) is 0 Å². The zero-order valence-corrected chi connectivity index (χ0v) is 22.2. The Balaban J connectivity index is 1.67. The number of ether oxygens (including phenoxy) is 1. The minimum Gasteiger partial charge on any atom is -0.507 e. The molecule has 4 rings (SSSR count). The van der Waals surface area contributed by atoms with Gasteiger partial charge in [-0.05, 0) is 55.2 Å². The molecule has 36 heavy (non-hydrogen) atoms. The van der Waals surface area contributed by atoms with E-state index >= 15 is 0 Å². The number of H-pyrrole nitrogens is 1. The number of aromatic amines is 1. The number of benzene rings is 2. The Kier molecular flexibility index (Phi) is 8.57. The number of aromatic hydroxyl groups is 1. The number of fused-ring (bicyclic) bond motifs is 1. The van der Waals surface area contributed by atoms with Gasteiger partial charge in [0.1, 0.15) is 22.9 Å². The van der Waals surface area contributed by atoms with Crippen LogP contribution in [0.4, 0.5) is 0 Å². The molecule has 1 aliphatic heterocycles. The van der Waals surface area contributed by atoms with Gasteiger partial charge in [-0.1, -0.05) is 69.7 Å². The number of aryl methyl sites for hydroxylation is 1. The van der Waals surface area contributed by atoms with Gasteiger partial charge in [0.15, 0.2) is 0 Å². The highest BCUT2D eigenvalue weighted by atomic mass is 35.5. The summed E-state index contributed by atoms with van der Waals surface area (Å²) in [5.74, 6) is 0.847. The third kappa shape index (κ3) is 5.39. The summed E-state index contributed by atoms with van der Waals surface area (Å²) < 4.78 is 5.94. The van der Waals surface area contributed by atoms with Crippen LogP contribution in [0.1, 0.15) is 92.0 Å². The van der Waals surface area contributed by atoms with E-state index in [1.54, 1.807) is 12.1 Å². The number of nitrogens with one attached hydrogen (secondary N) is 1. The predicted octanol–water partition coefficient (Wildman–Crippen LogP) is 7.44. The number of hydrogen-bond acceptors (Lipinski definition) is 4. The van der Waals surface area contributed by atoms with Crippen LogP contribution in [0.3, 0.4) is 0 Å². The van der Waals surface area contributed by atoms with Gasteiger partial charge in [0.05, 0.1) is 12.6 Å². The second-order valence-corrected chi connectivity index (χ2v) is 9.97. The van der Waals surface area contributed by atoms with Gasteiger partial charge in [-0.2, -0.15) is 5.10 Å². The van der Waals surface area contributed by atoms with Gasteiger partial charge in [0.25, 0.3) is 5.91 Å². The van der Waals surface area contributed by atoms with Gasteiger partial charge < -0.3 is 14.7 Å². The van der Waals surface area contributed by atoms with E-state index in [4.69, 9.17) is 16.3 Å². The lowest BCUT2D eigenvalue weighted by Gasteiger charge is -2.26. The average Bonchev–Trinajstić information content (AvgIpc) is 3.41. The van der Waals surface area contributed by atoms with Crippen LogP contribution < -0.4 is 4.74 Å². The molecule has 1 aromatic heterocycles. The smallest absolute Gasteiger partial charge is 0.273 e. The summed E-state index contributed by atoms with van der Waals surface area (Å²) in [6.45, 7) is 7.54. The number of halogens is 1. The predicted molar refractivity (Wildman–Crippen MR) is 144 cm³/mol. The number of rotatable bonds is 12. The maximum absolute atomic E-state index is 13.5. The first kappa shape index (κ1) is 26.1. The Morgan fingerprint density at radius 3 is 2.50 bits per heavy atom. The molecule has 0 saturated carbocycles. The summed E-state index contributed by atoms with van der Waals surface area (Å²) in [5, 5.41) is 18.7. The van der Waals surface area contributed by atoms with Crippen LogP contribution in [-0.2, 0) is 0 Å². The van der Waals surface area contributed by atoms with Crippen LogP contribution >= 0.6 is 11.6 Å². The van der Waals surface area contributed by atoms with Gasteiger partial charge in [0, 0.05) is 22.7 Å². The summed E-state index contributed by atoms with van der Waals surface area (Å²) in [4.78, 5) is 15.4. The number of hydrogen-bond donors (Lipinski definition) is 2. The number of carbonyl (C=O) groups excluding carboxylic acids is 1. The normalized spacial score (nSPS) is 14.9. The third-order valence-electron chi connectivity index (χ3n) is 6.86. The number of phenols is 1. The number of nitrogens with zero attached hydrogens (tertiary/aromatic N) is 2. The highest BCUT2D eigenvalue weighted by molar-refractivity contribution is 6.31. The molecule has 3 aromatic rings. The molecule has 1 aliphatic rings. The van der Waals surface area contributed by atoms with Crippen molar-refractivity contribution in [3.8, 4) is 22.8 Å². The number of amides is 1. The van der Waals surface area contributed by atoms with Gasteiger partial charge in [-0.25, -0.2) is 0 Å². The number of carbonyl (C=O) groups is 1. The SMILES string of the molecule is CCCCCCOc1ccc(C2c3c(-c4cc(Cl)c(C)cc4O)n[nH]c3C(=O)N2CCCCC)cc1. The summed E-state index contributed by atoms with van der Waals surface area (Å²) in [7, 11) is 0. The van der Waals surface area contributed by atoms with Crippen molar-refractivity contribution in [3.63, 3.8) is 0 Å². The van der Waals surface area contributed by atoms with E-state index in [0.29, 0.717) is 35.1 Å². The number of phenolic OH excluding ortho intramolecular Hbond substituents is 1. The van der Waals surface area contributed by atoms with Gasteiger partial charge in [-0.3, -0.25) is 9.89 Å². The molecule has 6 nitrogen and oxygen atoms in total. The van der Waals surface area contributed by atoms with Crippen LogP contribution in [0.5, 0.6) is 11.5 Å². The quantitative estimate of drug-likeness (QED) is 0.249. The molecule has 7 heteroatoms. The molecule has 0 radical (unpaired) electrons. The fourth-order valence-corrected chi connectivity index (χ4v) is 5.00. The van der Waals surface area contributed by atoms with Crippen LogP contribution in [0, 0.1) is 6.92 Å². The topological polar surface area (TPSA) is 78.5 Å². The van der Waals surface area contributed by atoms with E-state index in [1.807, 2.05) is 36.1 Å². The van der Waals surface area contributed by atoms with Crippen molar-refractivity contribution in [2.75, 3.05) is 13.2 Å². The lowest BCUT2D eigenvalue weighted by Crippen LogP contribution is -2.30. The molecule has 2 N–H and O–H groups in total. The first-order chi connectivity index (χ1) is 17.5. The summed E-state index contributed by atoms with van der Waals surface area (Å²) >= 11 is 6.40. The second-order valence-electron chi connectivity index (χ2n) is 9.57. The summed E-state index contributed by atoms with van der Waals surface area (Å²) in [6, 6.07) is 11.1. The molecule has 1 amide bonds. The van der Waals surface area contributed by atoms with E-state index < -0.39 is 0 Å². The minimum absolute atomic E-state index is 0.0706. The first-order valence-corrected chi connectivity index (χ1v) is 13.5. The Labute approximate surface area is 218 Å². The van der Waals surface area contributed by atoms with E-state index in [9.17, 15) is 9.90 Å². The molecule has 2 heterocycles. The lowest BCUT2D eigenvalue weighted by atomic mass is 9.95. The highest BCUT2D eigenvalue weighted by Gasteiger charge is 2.42. The van der Waals surface area contributed by atoms with Crippen LogP contribution in [0.25, 0.3) is 11.3 Å². The molecule has 1 atom stereocenters. The summed E-state index contributed by atoms with van der Waals surface area (Å²) in [5.41, 5.74) is 4.08. The third-order valence-corrected chi connectivity index (χ3v) is 7.27. The zero-order valence-electron chi connectivity index (χ0n) is 21.4. The van der Waals surface area contributed by atoms with Gasteiger partial charge in [0.2, 0.25) is 0 Å². The molecule has 0 spiro atoms. The standard InChI is InChI=1S/C29H36ClN3O3/c1-4-6-8-10-16-36-21-13-11-20(12-14-21)28-25-26(22-18-23(30)19(3)17-24(22)34)31-32-27(25)29(35)33(28)15-9-7-5-2/h11-14,17-18,28,34H,4-10,15-16H2,1-3H3,(H,31,32). The molecular formula is C29H36ClN3O3. The molecule has 0 fully saturated rings. The largest absolute Gasteiger partial charge is 0.507 e. The second kappa shape index (κ2) is 11.8. The van der Waals surface area contributed by atoms with Crippen LogP contribution in [0.15, 0.2) is 36.4 Å². The number of unbranched alkanes of at least 4 members (excludes halogenated alkanes) is 5. The molecule has 0 saturated heterocycles. The maximum atomic E-state index is 13.5. The van der Waals surface area contributed by atoms with Gasteiger partial charge in [-0.15, -0.1) is 0 Å². The molecule has 0 aliphatic carbocycles. The van der Waals surface area contributed by atoms with E-state index in [0.717, 1.165) is 48.1 Å². The Morgan fingerprint density at radius 2 is 1.78 bits per heavy atom. The Hall–Kier alpha value is -2.99. The number of aromatic nitrogens is 2. The summed E-state index contributed by atoms with van der Waals surface area (Å²) in [6.07, 6.45) is 7.69. The molecule has 1 unspecified atom stereocenters. The highest BCUT2D eigenvalue weighted by Crippen LogP contribution is 2.45. The van der Waals surface area contributed by atoms with Gasteiger partial charge >= 0.3 is 0 Å². The Morgan fingerprint density at radius 1 is 1.06 bits per heavy atom. The van der Waals surface area contributed by atoms with Crippen LogP contribution in [-0.4, -0.2) is 39.3 Å². The molecular weight excluding hydrogens is 474 g/mol. The van der Waals surface area contributed by atoms with E-state index in [-0.39, 0.29) is 17.7 Å². The van der Waals surface area contributed by atoms with Crippen molar-refractivity contribution in [1.29, 1.82) is 0 Å². The first-order valence-electron chi connectivity index (χ1n) is 13.1. The lowest BCUT2D eigenvalue weighted by molar-refractivity contribution is 0.0740. The average molecular weight is 510 g/mol. The maximum Gasteiger partial charge on any atom is 0.273 e. The van der Waals surface area contributed by atoms with E-state index in [2.05, 4.69) is 24.0 Å². The molecule has 2 aromatic carbocycles. The van der Waals surface area contributed by atoms with Crippen molar-refractivity contribution >= 4 is 17.5 Å².